The quantitative estimate of drug-likeness (QED) is 0.734. The van der Waals surface area contributed by atoms with Crippen LogP contribution in [0.15, 0.2) is 18.2 Å². The first-order chi connectivity index (χ1) is 10.3. The van der Waals surface area contributed by atoms with Gasteiger partial charge in [0.1, 0.15) is 5.75 Å². The maximum Gasteiger partial charge on any atom is 0.198 e. The lowest BCUT2D eigenvalue weighted by Crippen LogP contribution is -2.12. The number of ether oxygens (including phenoxy) is 1. The van der Waals surface area contributed by atoms with Gasteiger partial charge in [-0.2, -0.15) is 0 Å². The Kier molecular flexibility index (Phi) is 4.62. The van der Waals surface area contributed by atoms with Crippen LogP contribution in [0.25, 0.3) is 0 Å². The summed E-state index contributed by atoms with van der Waals surface area (Å²) in [5.74, 6) is 0.427. The molecule has 2 rings (SSSR count). The zero-order valence-corrected chi connectivity index (χ0v) is 14.7. The maximum atomic E-state index is 13.1. The van der Waals surface area contributed by atoms with Crippen LogP contribution in [0.1, 0.15) is 43.7 Å². The molecule has 0 bridgehead atoms. The second-order valence-electron chi connectivity index (χ2n) is 5.65. The van der Waals surface area contributed by atoms with Crippen LogP contribution in [-0.4, -0.2) is 12.9 Å². The molecule has 0 saturated carbocycles. The summed E-state index contributed by atoms with van der Waals surface area (Å²) in [5, 5.41) is 0.416. The smallest absolute Gasteiger partial charge is 0.198 e. The molecule has 0 N–H and O–H groups in total. The van der Waals surface area contributed by atoms with E-state index in [1.54, 1.807) is 25.3 Å². The Balaban J connectivity index is 2.77. The summed E-state index contributed by atoms with van der Waals surface area (Å²) < 4.78 is 5.33. The van der Waals surface area contributed by atoms with Crippen LogP contribution in [0.4, 0.5) is 0 Å². The van der Waals surface area contributed by atoms with Gasteiger partial charge in [-0.25, -0.2) is 0 Å². The summed E-state index contributed by atoms with van der Waals surface area (Å²) in [5.41, 5.74) is 6.71. The standard InChI is InChI=1S/C19H21ClO2/c1-10-11(2)13(4)17(14(5)12(10)3)19(21)18-15(20)8-7-9-16(18)22-6/h7-9H,1-6H3. The monoisotopic (exact) mass is 316 g/mol. The minimum absolute atomic E-state index is 0.0800. The Hall–Kier alpha value is -1.80. The van der Waals surface area contributed by atoms with E-state index in [2.05, 4.69) is 20.8 Å². The first-order valence-corrected chi connectivity index (χ1v) is 7.63. The van der Waals surface area contributed by atoms with E-state index in [-0.39, 0.29) is 5.78 Å². The van der Waals surface area contributed by atoms with Gasteiger partial charge < -0.3 is 4.74 Å². The van der Waals surface area contributed by atoms with Crippen molar-refractivity contribution in [1.82, 2.24) is 0 Å². The summed E-state index contributed by atoms with van der Waals surface area (Å²) in [6.07, 6.45) is 0. The second kappa shape index (κ2) is 6.13. The Bertz CT molecular complexity index is 732. The molecule has 0 aliphatic carbocycles. The van der Waals surface area contributed by atoms with Gasteiger partial charge in [-0.1, -0.05) is 17.7 Å². The first-order valence-electron chi connectivity index (χ1n) is 7.25. The second-order valence-corrected chi connectivity index (χ2v) is 6.05. The van der Waals surface area contributed by atoms with E-state index < -0.39 is 0 Å². The average molecular weight is 317 g/mol. The molecule has 0 aliphatic rings. The summed E-state index contributed by atoms with van der Waals surface area (Å²) in [6.45, 7) is 10.2. The maximum absolute atomic E-state index is 13.1. The number of benzene rings is 2. The lowest BCUT2D eigenvalue weighted by atomic mass is 9.86. The van der Waals surface area contributed by atoms with Gasteiger partial charge >= 0.3 is 0 Å². The Morgan fingerprint density at radius 1 is 0.864 bits per heavy atom. The number of carbonyl (C=O) groups is 1. The molecule has 0 unspecified atom stereocenters. The highest BCUT2D eigenvalue weighted by molar-refractivity contribution is 6.35. The van der Waals surface area contributed by atoms with Crippen LogP contribution in [0.5, 0.6) is 5.75 Å². The van der Waals surface area contributed by atoms with Crippen molar-refractivity contribution >= 4 is 17.4 Å². The molecule has 3 heteroatoms. The first kappa shape index (κ1) is 16.6. The van der Waals surface area contributed by atoms with Gasteiger partial charge in [-0.3, -0.25) is 4.79 Å². The van der Waals surface area contributed by atoms with Crippen molar-refractivity contribution in [2.75, 3.05) is 7.11 Å². The van der Waals surface area contributed by atoms with Gasteiger partial charge in [0.2, 0.25) is 0 Å². The number of halogens is 1. The lowest BCUT2D eigenvalue weighted by Gasteiger charge is -2.19. The van der Waals surface area contributed by atoms with Crippen LogP contribution in [0.3, 0.4) is 0 Å². The lowest BCUT2D eigenvalue weighted by molar-refractivity contribution is 0.103. The molecule has 0 aromatic heterocycles. The Morgan fingerprint density at radius 2 is 1.36 bits per heavy atom. The molecule has 0 heterocycles. The van der Waals surface area contributed by atoms with E-state index in [1.807, 2.05) is 13.8 Å². The third-order valence-corrected chi connectivity index (χ3v) is 4.96. The summed E-state index contributed by atoms with van der Waals surface area (Å²) in [7, 11) is 1.55. The highest BCUT2D eigenvalue weighted by atomic mass is 35.5. The van der Waals surface area contributed by atoms with Gasteiger partial charge in [-0.15, -0.1) is 0 Å². The fraction of sp³-hybridized carbons (Fsp3) is 0.316. The molecule has 2 aromatic carbocycles. The Labute approximate surface area is 137 Å². The third kappa shape index (κ3) is 2.52. The fourth-order valence-corrected chi connectivity index (χ4v) is 3.11. The van der Waals surface area contributed by atoms with E-state index in [4.69, 9.17) is 16.3 Å². The molecule has 0 saturated heterocycles. The molecule has 0 radical (unpaired) electrons. The predicted molar refractivity (Wildman–Crippen MR) is 91.6 cm³/mol. The van der Waals surface area contributed by atoms with Crippen LogP contribution in [-0.2, 0) is 0 Å². The molecule has 0 fully saturated rings. The summed E-state index contributed by atoms with van der Waals surface area (Å²) in [6, 6.07) is 5.26. The van der Waals surface area contributed by atoms with Crippen molar-refractivity contribution in [3.8, 4) is 5.75 Å². The highest BCUT2D eigenvalue weighted by Gasteiger charge is 2.24. The SMILES string of the molecule is COc1cccc(Cl)c1C(=O)c1c(C)c(C)c(C)c(C)c1C. The van der Waals surface area contributed by atoms with Crippen LogP contribution >= 0.6 is 11.6 Å². The summed E-state index contributed by atoms with van der Waals surface area (Å²) in [4.78, 5) is 13.1. The number of hydrogen-bond acceptors (Lipinski definition) is 2. The van der Waals surface area contributed by atoms with E-state index in [1.165, 1.54) is 5.56 Å². The number of methoxy groups -OCH3 is 1. The molecular formula is C19H21ClO2. The third-order valence-electron chi connectivity index (χ3n) is 4.65. The fourth-order valence-electron chi connectivity index (χ4n) is 2.86. The van der Waals surface area contributed by atoms with Crippen molar-refractivity contribution in [3.63, 3.8) is 0 Å². The molecule has 2 nitrogen and oxygen atoms in total. The van der Waals surface area contributed by atoms with Gasteiger partial charge in [0.15, 0.2) is 5.78 Å². The van der Waals surface area contributed by atoms with E-state index in [9.17, 15) is 4.79 Å². The van der Waals surface area contributed by atoms with Gasteiger partial charge in [0.05, 0.1) is 17.7 Å². The predicted octanol–water partition coefficient (Wildman–Crippen LogP) is 5.12. The number of carbonyl (C=O) groups excluding carboxylic acids is 1. The summed E-state index contributed by atoms with van der Waals surface area (Å²) >= 11 is 6.27. The molecule has 2 aromatic rings. The zero-order chi connectivity index (χ0) is 16.6. The normalized spacial score (nSPS) is 10.7. The molecule has 116 valence electrons. The number of rotatable bonds is 3. The molecule has 0 aliphatic heterocycles. The van der Waals surface area contributed by atoms with Gasteiger partial charge in [0.25, 0.3) is 0 Å². The van der Waals surface area contributed by atoms with E-state index in [0.717, 1.165) is 27.8 Å². The van der Waals surface area contributed by atoms with Crippen LogP contribution in [0, 0.1) is 34.6 Å². The highest BCUT2D eigenvalue weighted by Crippen LogP contribution is 2.33. The number of hydrogen-bond donors (Lipinski definition) is 0. The van der Waals surface area contributed by atoms with Crippen molar-refractivity contribution < 1.29 is 9.53 Å². The molecule has 0 spiro atoms. The van der Waals surface area contributed by atoms with Crippen LogP contribution < -0.4 is 4.74 Å². The molecule has 0 amide bonds. The minimum Gasteiger partial charge on any atom is -0.496 e. The number of ketones is 1. The van der Waals surface area contributed by atoms with Crippen molar-refractivity contribution in [2.45, 2.75) is 34.6 Å². The van der Waals surface area contributed by atoms with Crippen molar-refractivity contribution in [3.05, 3.63) is 62.2 Å². The zero-order valence-electron chi connectivity index (χ0n) is 13.9. The molecule has 22 heavy (non-hydrogen) atoms. The minimum atomic E-state index is -0.0800. The Morgan fingerprint density at radius 3 is 1.86 bits per heavy atom. The van der Waals surface area contributed by atoms with Gasteiger partial charge in [0, 0.05) is 5.56 Å². The molecular weight excluding hydrogens is 296 g/mol. The average Bonchev–Trinajstić information content (AvgIpc) is 2.50. The largest absolute Gasteiger partial charge is 0.496 e. The van der Waals surface area contributed by atoms with Crippen molar-refractivity contribution in [1.29, 1.82) is 0 Å². The topological polar surface area (TPSA) is 26.3 Å². The van der Waals surface area contributed by atoms with Gasteiger partial charge in [-0.05, 0) is 74.6 Å². The van der Waals surface area contributed by atoms with E-state index >= 15 is 0 Å². The molecule has 0 atom stereocenters. The van der Waals surface area contributed by atoms with Crippen molar-refractivity contribution in [2.24, 2.45) is 0 Å². The van der Waals surface area contributed by atoms with E-state index in [0.29, 0.717) is 16.3 Å². The van der Waals surface area contributed by atoms with Crippen LogP contribution in [0.2, 0.25) is 5.02 Å².